The van der Waals surface area contributed by atoms with Crippen LogP contribution in [0, 0.1) is 0 Å². The van der Waals surface area contributed by atoms with Gasteiger partial charge in [-0.1, -0.05) is 54.6 Å². The van der Waals surface area contributed by atoms with Gasteiger partial charge in [0.05, 0.1) is 0 Å². The van der Waals surface area contributed by atoms with Crippen LogP contribution in [0.5, 0.6) is 0 Å². The Bertz CT molecular complexity index is 266. The first-order valence-electron chi connectivity index (χ1n) is 4.56. The predicted molar refractivity (Wildman–Crippen MR) is 67.4 cm³/mol. The molecule has 0 aromatic heterocycles. The van der Waals surface area contributed by atoms with E-state index in [0.29, 0.717) is 9.84 Å². The highest BCUT2D eigenvalue weighted by molar-refractivity contribution is 14.1. The van der Waals surface area contributed by atoms with E-state index in [1.165, 1.54) is 11.1 Å². The van der Waals surface area contributed by atoms with E-state index in [-0.39, 0.29) is 0 Å². The van der Waals surface area contributed by atoms with E-state index in [0.717, 1.165) is 5.69 Å². The van der Waals surface area contributed by atoms with Crippen molar-refractivity contribution in [2.75, 3.05) is 5.73 Å². The van der Waals surface area contributed by atoms with E-state index >= 15 is 0 Å². The third-order valence-corrected chi connectivity index (χ3v) is 2.90. The molecule has 13 heavy (non-hydrogen) atoms. The summed E-state index contributed by atoms with van der Waals surface area (Å²) in [7, 11) is 0. The fourth-order valence-electron chi connectivity index (χ4n) is 1.45. The zero-order chi connectivity index (χ0) is 10.0. The average molecular weight is 289 g/mol. The van der Waals surface area contributed by atoms with Gasteiger partial charge in [0.25, 0.3) is 0 Å². The van der Waals surface area contributed by atoms with Gasteiger partial charge in [-0.2, -0.15) is 0 Å². The van der Waals surface area contributed by atoms with Gasteiger partial charge in [-0.25, -0.2) is 0 Å². The molecule has 0 saturated carbocycles. The molecule has 0 aliphatic carbocycles. The molecule has 1 aromatic rings. The monoisotopic (exact) mass is 289 g/mol. The van der Waals surface area contributed by atoms with Gasteiger partial charge in [-0.15, -0.1) is 0 Å². The Morgan fingerprint density at radius 1 is 1.15 bits per heavy atom. The van der Waals surface area contributed by atoms with Crippen molar-refractivity contribution in [3.8, 4) is 0 Å². The van der Waals surface area contributed by atoms with Gasteiger partial charge in [0.2, 0.25) is 0 Å². The first-order valence-corrected chi connectivity index (χ1v) is 5.81. The van der Waals surface area contributed by atoms with Crippen molar-refractivity contribution in [1.82, 2.24) is 0 Å². The molecule has 0 amide bonds. The Hall–Kier alpha value is -0.250. The molecule has 2 heteroatoms. The number of para-hydroxylation sites is 1. The van der Waals surface area contributed by atoms with Crippen LogP contribution in [-0.2, 0) is 0 Å². The molecule has 0 radical (unpaired) electrons. The summed E-state index contributed by atoms with van der Waals surface area (Å²) < 4.78 is 0.483. The quantitative estimate of drug-likeness (QED) is 0.499. The summed E-state index contributed by atoms with van der Waals surface area (Å²) >= 11 is 2.39. The number of nitrogen functional groups attached to an aromatic ring is 1. The number of nitrogens with two attached hydrogens (primary N) is 1. The minimum absolute atomic E-state index is 0.483. The second kappa shape index (κ2) is 4.31. The maximum Gasteiger partial charge on any atom is 0.0392 e. The fourth-order valence-corrected chi connectivity index (χ4v) is 2.00. The van der Waals surface area contributed by atoms with Crippen LogP contribution in [0.15, 0.2) is 18.2 Å². The normalized spacial score (nSPS) is 13.3. The summed E-state index contributed by atoms with van der Waals surface area (Å²) in [6, 6.07) is 6.32. The van der Waals surface area contributed by atoms with E-state index in [4.69, 9.17) is 5.73 Å². The lowest BCUT2D eigenvalue weighted by molar-refractivity contribution is 0.866. The standard InChI is InChI=1S/C11H16IN/c1-7(2)9-5-4-6-10(8(3)12)11(9)13/h4-8H,13H2,1-3H3. The number of hydrogen-bond acceptors (Lipinski definition) is 1. The Balaban J connectivity index is 3.18. The van der Waals surface area contributed by atoms with Crippen LogP contribution >= 0.6 is 22.6 Å². The van der Waals surface area contributed by atoms with Crippen molar-refractivity contribution in [2.24, 2.45) is 0 Å². The maximum atomic E-state index is 6.08. The topological polar surface area (TPSA) is 26.0 Å². The second-order valence-electron chi connectivity index (χ2n) is 3.62. The molecule has 0 saturated heterocycles. The molecule has 0 spiro atoms. The van der Waals surface area contributed by atoms with Crippen LogP contribution in [0.1, 0.15) is 41.7 Å². The predicted octanol–water partition coefficient (Wildman–Crippen LogP) is 3.89. The first-order chi connectivity index (χ1) is 6.04. The molecule has 1 atom stereocenters. The number of hydrogen-bond donors (Lipinski definition) is 1. The molecule has 1 aromatic carbocycles. The van der Waals surface area contributed by atoms with Crippen molar-refractivity contribution in [3.63, 3.8) is 0 Å². The molecule has 72 valence electrons. The Morgan fingerprint density at radius 3 is 2.15 bits per heavy atom. The van der Waals surface area contributed by atoms with E-state index in [1.807, 2.05) is 0 Å². The molecule has 0 heterocycles. The van der Waals surface area contributed by atoms with E-state index < -0.39 is 0 Å². The Morgan fingerprint density at radius 2 is 1.69 bits per heavy atom. The number of halogens is 1. The zero-order valence-electron chi connectivity index (χ0n) is 8.34. The van der Waals surface area contributed by atoms with Crippen LogP contribution < -0.4 is 5.73 Å². The van der Waals surface area contributed by atoms with Crippen molar-refractivity contribution in [3.05, 3.63) is 29.3 Å². The van der Waals surface area contributed by atoms with Gasteiger partial charge >= 0.3 is 0 Å². The number of anilines is 1. The van der Waals surface area contributed by atoms with Gasteiger partial charge in [0.15, 0.2) is 0 Å². The molecular formula is C11H16IN. The second-order valence-corrected chi connectivity index (χ2v) is 5.49. The molecule has 2 N–H and O–H groups in total. The van der Waals surface area contributed by atoms with Gasteiger partial charge < -0.3 is 5.73 Å². The highest BCUT2D eigenvalue weighted by Crippen LogP contribution is 2.32. The summed E-state index contributed by atoms with van der Waals surface area (Å²) in [5, 5.41) is 0. The fraction of sp³-hybridized carbons (Fsp3) is 0.455. The SMILES string of the molecule is CC(C)c1cccc(C(C)I)c1N. The molecule has 1 nitrogen and oxygen atoms in total. The number of alkyl halides is 1. The average Bonchev–Trinajstić information content (AvgIpc) is 2.03. The highest BCUT2D eigenvalue weighted by atomic mass is 127. The third-order valence-electron chi connectivity index (χ3n) is 2.22. The lowest BCUT2D eigenvalue weighted by Crippen LogP contribution is -2.01. The van der Waals surface area contributed by atoms with Crippen molar-refractivity contribution < 1.29 is 0 Å². The Kier molecular flexibility index (Phi) is 3.59. The molecule has 0 aliphatic rings. The molecule has 1 rings (SSSR count). The lowest BCUT2D eigenvalue weighted by atomic mass is 9.97. The highest BCUT2D eigenvalue weighted by Gasteiger charge is 2.10. The van der Waals surface area contributed by atoms with Crippen molar-refractivity contribution >= 4 is 28.3 Å². The molecule has 0 bridgehead atoms. The first kappa shape index (κ1) is 10.8. The molecule has 1 unspecified atom stereocenters. The third kappa shape index (κ3) is 2.36. The summed E-state index contributed by atoms with van der Waals surface area (Å²) in [5.74, 6) is 0.509. The maximum absolute atomic E-state index is 6.08. The molecule has 0 aliphatic heterocycles. The van der Waals surface area contributed by atoms with Gasteiger partial charge in [-0.05, 0) is 24.0 Å². The minimum atomic E-state index is 0.483. The summed E-state index contributed by atoms with van der Waals surface area (Å²) in [4.78, 5) is 0. The van der Waals surface area contributed by atoms with Gasteiger partial charge in [-0.3, -0.25) is 0 Å². The molecular weight excluding hydrogens is 273 g/mol. The van der Waals surface area contributed by atoms with Crippen LogP contribution in [0.4, 0.5) is 5.69 Å². The lowest BCUT2D eigenvalue weighted by Gasteiger charge is -2.14. The van der Waals surface area contributed by atoms with E-state index in [2.05, 4.69) is 61.6 Å². The van der Waals surface area contributed by atoms with E-state index in [9.17, 15) is 0 Å². The largest absolute Gasteiger partial charge is 0.398 e. The van der Waals surface area contributed by atoms with E-state index in [1.54, 1.807) is 0 Å². The smallest absolute Gasteiger partial charge is 0.0392 e. The summed E-state index contributed by atoms with van der Waals surface area (Å²) in [5.41, 5.74) is 9.57. The number of rotatable bonds is 2. The van der Waals surface area contributed by atoms with Crippen molar-refractivity contribution in [1.29, 1.82) is 0 Å². The van der Waals surface area contributed by atoms with Crippen LogP contribution in [0.3, 0.4) is 0 Å². The van der Waals surface area contributed by atoms with Crippen LogP contribution in [0.2, 0.25) is 0 Å². The minimum Gasteiger partial charge on any atom is -0.398 e. The van der Waals surface area contributed by atoms with Crippen LogP contribution in [-0.4, -0.2) is 0 Å². The molecule has 0 fully saturated rings. The number of benzene rings is 1. The summed E-state index contributed by atoms with van der Waals surface area (Å²) in [6.07, 6.45) is 0. The van der Waals surface area contributed by atoms with Gasteiger partial charge in [0.1, 0.15) is 0 Å². The van der Waals surface area contributed by atoms with Crippen molar-refractivity contribution in [2.45, 2.75) is 30.6 Å². The summed E-state index contributed by atoms with van der Waals surface area (Å²) in [6.45, 7) is 6.51. The van der Waals surface area contributed by atoms with Crippen LogP contribution in [0.25, 0.3) is 0 Å². The zero-order valence-corrected chi connectivity index (χ0v) is 10.5. The Labute approximate surface area is 93.9 Å². The van der Waals surface area contributed by atoms with Gasteiger partial charge in [0, 0.05) is 9.61 Å².